The maximum Gasteiger partial charge on any atom is 0.354 e. The summed E-state index contributed by atoms with van der Waals surface area (Å²) in [5.41, 5.74) is 1.23. The van der Waals surface area contributed by atoms with Gasteiger partial charge in [0.25, 0.3) is 0 Å². The van der Waals surface area contributed by atoms with E-state index in [0.29, 0.717) is 6.04 Å². The van der Waals surface area contributed by atoms with Gasteiger partial charge < -0.3 is 5.11 Å². The van der Waals surface area contributed by atoms with Gasteiger partial charge in [-0.15, -0.1) is 0 Å². The van der Waals surface area contributed by atoms with Crippen molar-refractivity contribution in [3.63, 3.8) is 0 Å². The molecule has 0 amide bonds. The van der Waals surface area contributed by atoms with Crippen molar-refractivity contribution in [3.8, 4) is 0 Å². The molecule has 1 aliphatic carbocycles. The second kappa shape index (κ2) is 5.92. The fourth-order valence-corrected chi connectivity index (χ4v) is 3.85. The molecule has 2 heterocycles. The molecule has 3 rings (SSSR count). The Hall–Kier alpha value is -1.42. The SMILES string of the molecule is O=C(O)c1cc(CN2CCCC3CCCCC32)ccn1. The molecular formula is C16H22N2O2. The lowest BCUT2D eigenvalue weighted by molar-refractivity contribution is 0.0545. The fraction of sp³-hybridized carbons (Fsp3) is 0.625. The Morgan fingerprint density at radius 1 is 1.30 bits per heavy atom. The number of hydrogen-bond acceptors (Lipinski definition) is 3. The van der Waals surface area contributed by atoms with E-state index in [4.69, 9.17) is 5.11 Å². The van der Waals surface area contributed by atoms with Crippen LogP contribution >= 0.6 is 0 Å². The van der Waals surface area contributed by atoms with Gasteiger partial charge >= 0.3 is 5.97 Å². The van der Waals surface area contributed by atoms with Gasteiger partial charge in [0.1, 0.15) is 5.69 Å². The highest BCUT2D eigenvalue weighted by atomic mass is 16.4. The van der Waals surface area contributed by atoms with Crippen LogP contribution in [-0.2, 0) is 6.54 Å². The number of likely N-dealkylation sites (tertiary alicyclic amines) is 1. The van der Waals surface area contributed by atoms with Crippen LogP contribution in [0.3, 0.4) is 0 Å². The smallest absolute Gasteiger partial charge is 0.354 e. The predicted molar refractivity (Wildman–Crippen MR) is 76.6 cm³/mol. The molecule has 1 aromatic rings. The summed E-state index contributed by atoms with van der Waals surface area (Å²) in [5, 5.41) is 9.03. The number of nitrogens with zero attached hydrogens (tertiary/aromatic N) is 2. The number of carboxylic acid groups (broad SMARTS) is 1. The Kier molecular flexibility index (Phi) is 4.01. The van der Waals surface area contributed by atoms with E-state index in [2.05, 4.69) is 9.88 Å². The summed E-state index contributed by atoms with van der Waals surface area (Å²) in [6.07, 6.45) is 9.66. The van der Waals surface area contributed by atoms with Gasteiger partial charge in [0.05, 0.1) is 0 Å². The topological polar surface area (TPSA) is 53.4 Å². The first kappa shape index (κ1) is 13.6. The molecule has 4 nitrogen and oxygen atoms in total. The molecule has 0 bridgehead atoms. The molecule has 1 saturated carbocycles. The fourth-order valence-electron chi connectivity index (χ4n) is 3.85. The van der Waals surface area contributed by atoms with Crippen molar-refractivity contribution in [2.45, 2.75) is 51.1 Å². The number of rotatable bonds is 3. The number of carboxylic acids is 1. The Bertz CT molecular complexity index is 487. The standard InChI is InChI=1S/C16H22N2O2/c19-16(20)14-10-12(7-8-17-14)11-18-9-3-5-13-4-1-2-6-15(13)18/h7-8,10,13,15H,1-6,9,11H2,(H,19,20). The van der Waals surface area contributed by atoms with Crippen LogP contribution in [0.4, 0.5) is 0 Å². The first-order valence-corrected chi connectivity index (χ1v) is 7.66. The van der Waals surface area contributed by atoms with Gasteiger partial charge in [-0.3, -0.25) is 4.90 Å². The molecule has 1 saturated heterocycles. The predicted octanol–water partition coefficient (Wildman–Crippen LogP) is 2.93. The normalized spacial score (nSPS) is 27.0. The minimum Gasteiger partial charge on any atom is -0.477 e. The number of aromatic nitrogens is 1. The molecule has 2 atom stereocenters. The van der Waals surface area contributed by atoms with E-state index in [-0.39, 0.29) is 5.69 Å². The monoisotopic (exact) mass is 274 g/mol. The van der Waals surface area contributed by atoms with Crippen molar-refractivity contribution in [2.75, 3.05) is 6.54 Å². The van der Waals surface area contributed by atoms with Crippen molar-refractivity contribution in [1.29, 1.82) is 0 Å². The molecular weight excluding hydrogens is 252 g/mol. The Balaban J connectivity index is 1.72. The second-order valence-corrected chi connectivity index (χ2v) is 6.08. The van der Waals surface area contributed by atoms with Crippen molar-refractivity contribution in [3.05, 3.63) is 29.6 Å². The van der Waals surface area contributed by atoms with Crippen LogP contribution in [0.25, 0.3) is 0 Å². The first-order valence-electron chi connectivity index (χ1n) is 7.66. The molecule has 20 heavy (non-hydrogen) atoms. The summed E-state index contributed by atoms with van der Waals surface area (Å²) >= 11 is 0. The molecule has 1 aliphatic heterocycles. The van der Waals surface area contributed by atoms with E-state index in [1.54, 1.807) is 12.3 Å². The van der Waals surface area contributed by atoms with Gasteiger partial charge in [-0.25, -0.2) is 9.78 Å². The zero-order valence-corrected chi connectivity index (χ0v) is 11.8. The highest BCUT2D eigenvalue weighted by Gasteiger charge is 2.32. The lowest BCUT2D eigenvalue weighted by Crippen LogP contribution is -2.46. The Morgan fingerprint density at radius 2 is 2.10 bits per heavy atom. The van der Waals surface area contributed by atoms with Crippen molar-refractivity contribution in [1.82, 2.24) is 9.88 Å². The highest BCUT2D eigenvalue weighted by molar-refractivity contribution is 5.85. The van der Waals surface area contributed by atoms with Crippen LogP contribution in [0.2, 0.25) is 0 Å². The molecule has 2 unspecified atom stereocenters. The molecule has 1 aromatic heterocycles. The van der Waals surface area contributed by atoms with Gasteiger partial charge in [-0.1, -0.05) is 12.8 Å². The lowest BCUT2D eigenvalue weighted by Gasteiger charge is -2.44. The van der Waals surface area contributed by atoms with Crippen LogP contribution in [0.5, 0.6) is 0 Å². The number of pyridine rings is 1. The average molecular weight is 274 g/mol. The zero-order valence-electron chi connectivity index (χ0n) is 11.8. The van der Waals surface area contributed by atoms with Gasteiger partial charge in [-0.05, 0) is 55.8 Å². The summed E-state index contributed by atoms with van der Waals surface area (Å²) in [4.78, 5) is 17.5. The van der Waals surface area contributed by atoms with Gasteiger partial charge in [0, 0.05) is 18.8 Å². The van der Waals surface area contributed by atoms with Crippen molar-refractivity contribution >= 4 is 5.97 Å². The van der Waals surface area contributed by atoms with Gasteiger partial charge in [0.15, 0.2) is 0 Å². The van der Waals surface area contributed by atoms with E-state index in [1.807, 2.05) is 6.07 Å². The number of hydrogen-bond donors (Lipinski definition) is 1. The number of piperidine rings is 1. The minimum absolute atomic E-state index is 0.153. The Morgan fingerprint density at radius 3 is 2.95 bits per heavy atom. The van der Waals surface area contributed by atoms with Gasteiger partial charge in [-0.2, -0.15) is 0 Å². The first-order chi connectivity index (χ1) is 9.74. The number of carbonyl (C=O) groups is 1. The van der Waals surface area contributed by atoms with Crippen molar-refractivity contribution < 1.29 is 9.90 Å². The summed E-state index contributed by atoms with van der Waals surface area (Å²) in [6, 6.07) is 4.37. The van der Waals surface area contributed by atoms with Crippen LogP contribution < -0.4 is 0 Å². The molecule has 0 spiro atoms. The zero-order chi connectivity index (χ0) is 13.9. The maximum absolute atomic E-state index is 11.0. The van der Waals surface area contributed by atoms with Crippen LogP contribution in [-0.4, -0.2) is 33.5 Å². The molecule has 2 aliphatic rings. The van der Waals surface area contributed by atoms with E-state index in [1.165, 1.54) is 38.5 Å². The molecule has 108 valence electrons. The highest BCUT2D eigenvalue weighted by Crippen LogP contribution is 2.35. The number of fused-ring (bicyclic) bond motifs is 1. The third kappa shape index (κ3) is 2.85. The molecule has 0 radical (unpaired) electrons. The summed E-state index contributed by atoms with van der Waals surface area (Å²) in [7, 11) is 0. The summed E-state index contributed by atoms with van der Waals surface area (Å²) < 4.78 is 0. The second-order valence-electron chi connectivity index (χ2n) is 6.08. The third-order valence-corrected chi connectivity index (χ3v) is 4.79. The van der Waals surface area contributed by atoms with E-state index < -0.39 is 5.97 Å². The van der Waals surface area contributed by atoms with E-state index >= 15 is 0 Å². The minimum atomic E-state index is -0.943. The average Bonchev–Trinajstić information content (AvgIpc) is 2.48. The van der Waals surface area contributed by atoms with Crippen LogP contribution in [0.15, 0.2) is 18.3 Å². The number of aromatic carboxylic acids is 1. The van der Waals surface area contributed by atoms with Gasteiger partial charge in [0.2, 0.25) is 0 Å². The Labute approximate surface area is 119 Å². The third-order valence-electron chi connectivity index (χ3n) is 4.79. The maximum atomic E-state index is 11.0. The van der Waals surface area contributed by atoms with E-state index in [0.717, 1.165) is 24.6 Å². The largest absolute Gasteiger partial charge is 0.477 e. The molecule has 4 heteroatoms. The lowest BCUT2D eigenvalue weighted by atomic mass is 9.78. The summed E-state index contributed by atoms with van der Waals surface area (Å²) in [5.74, 6) is -0.0840. The van der Waals surface area contributed by atoms with Crippen molar-refractivity contribution in [2.24, 2.45) is 5.92 Å². The molecule has 1 N–H and O–H groups in total. The van der Waals surface area contributed by atoms with E-state index in [9.17, 15) is 4.79 Å². The molecule has 2 fully saturated rings. The van der Waals surface area contributed by atoms with Crippen LogP contribution in [0.1, 0.15) is 54.6 Å². The summed E-state index contributed by atoms with van der Waals surface area (Å²) in [6.45, 7) is 2.01. The quantitative estimate of drug-likeness (QED) is 0.920. The van der Waals surface area contributed by atoms with Crippen LogP contribution in [0, 0.1) is 5.92 Å². The molecule has 0 aromatic carbocycles.